The van der Waals surface area contributed by atoms with Gasteiger partial charge in [-0.25, -0.2) is 4.98 Å². The lowest BCUT2D eigenvalue weighted by molar-refractivity contribution is -0.137. The molecule has 0 aliphatic heterocycles. The number of nitrogens with zero attached hydrogens (tertiary/aromatic N) is 1. The Bertz CT molecular complexity index is 955. The zero-order valence-corrected chi connectivity index (χ0v) is 13.8. The first-order valence-corrected chi connectivity index (χ1v) is 7.79. The number of pyridine rings is 1. The van der Waals surface area contributed by atoms with E-state index in [1.54, 1.807) is 12.1 Å². The number of halogens is 3. The summed E-state index contributed by atoms with van der Waals surface area (Å²) in [7, 11) is 0. The van der Waals surface area contributed by atoms with Crippen LogP contribution < -0.4 is 10.1 Å². The number of fused-ring (bicyclic) bond motifs is 1. The first-order valence-electron chi connectivity index (χ1n) is 7.79. The third kappa shape index (κ3) is 4.11. The summed E-state index contributed by atoms with van der Waals surface area (Å²) in [6.45, 7) is 1.50. The molecule has 0 unspecified atom stereocenters. The molecular formula is C19H15F3N2O2. The fourth-order valence-corrected chi connectivity index (χ4v) is 2.45. The monoisotopic (exact) mass is 360 g/mol. The third-order valence-electron chi connectivity index (χ3n) is 3.65. The number of amides is 1. The van der Waals surface area contributed by atoms with Crippen LogP contribution in [0.2, 0.25) is 0 Å². The zero-order chi connectivity index (χ0) is 18.7. The molecule has 0 aliphatic carbocycles. The van der Waals surface area contributed by atoms with E-state index in [2.05, 4.69) is 10.3 Å². The van der Waals surface area contributed by atoms with Crippen molar-refractivity contribution < 1.29 is 22.7 Å². The molecule has 0 aliphatic rings. The van der Waals surface area contributed by atoms with Crippen LogP contribution in [0.5, 0.6) is 5.75 Å². The van der Waals surface area contributed by atoms with Crippen molar-refractivity contribution in [3.63, 3.8) is 0 Å². The molecule has 0 radical (unpaired) electrons. The van der Waals surface area contributed by atoms with Crippen LogP contribution in [0.4, 0.5) is 18.9 Å². The number of aryl methyl sites for hydroxylation is 1. The van der Waals surface area contributed by atoms with Crippen LogP contribution in [0.3, 0.4) is 0 Å². The van der Waals surface area contributed by atoms with Crippen molar-refractivity contribution in [3.8, 4) is 5.75 Å². The van der Waals surface area contributed by atoms with Crippen molar-refractivity contribution in [2.24, 2.45) is 0 Å². The van der Waals surface area contributed by atoms with Gasteiger partial charge in [0.25, 0.3) is 5.91 Å². The molecule has 0 saturated carbocycles. The number of carbonyl (C=O) groups is 1. The predicted octanol–water partition coefficient (Wildman–Crippen LogP) is 4.58. The largest absolute Gasteiger partial charge is 0.481 e. The van der Waals surface area contributed by atoms with Gasteiger partial charge in [0.2, 0.25) is 0 Å². The molecule has 134 valence electrons. The number of para-hydroxylation sites is 1. The second-order valence-electron chi connectivity index (χ2n) is 5.70. The average Bonchev–Trinajstić information content (AvgIpc) is 2.59. The first-order chi connectivity index (χ1) is 12.3. The van der Waals surface area contributed by atoms with E-state index >= 15 is 0 Å². The molecule has 4 nitrogen and oxygen atoms in total. The quantitative estimate of drug-likeness (QED) is 0.741. The molecule has 0 saturated heterocycles. The van der Waals surface area contributed by atoms with E-state index in [0.29, 0.717) is 11.3 Å². The fourth-order valence-electron chi connectivity index (χ4n) is 2.45. The van der Waals surface area contributed by atoms with Gasteiger partial charge in [-0.1, -0.05) is 24.3 Å². The number of ether oxygens (including phenoxy) is 1. The molecule has 1 amide bonds. The molecule has 0 bridgehead atoms. The Morgan fingerprint density at radius 1 is 1.12 bits per heavy atom. The summed E-state index contributed by atoms with van der Waals surface area (Å²) >= 11 is 0. The van der Waals surface area contributed by atoms with Gasteiger partial charge in [-0.2, -0.15) is 13.2 Å². The van der Waals surface area contributed by atoms with Crippen LogP contribution in [0, 0.1) is 6.92 Å². The summed E-state index contributed by atoms with van der Waals surface area (Å²) in [6.07, 6.45) is -4.47. The molecule has 1 aromatic heterocycles. The molecule has 0 spiro atoms. The summed E-state index contributed by atoms with van der Waals surface area (Å²) in [5.41, 5.74) is 0.659. The van der Waals surface area contributed by atoms with E-state index in [4.69, 9.17) is 4.74 Å². The van der Waals surface area contributed by atoms with Gasteiger partial charge in [-0.15, -0.1) is 0 Å². The highest BCUT2D eigenvalue weighted by molar-refractivity contribution is 5.92. The molecule has 2 aromatic carbocycles. The van der Waals surface area contributed by atoms with E-state index in [9.17, 15) is 18.0 Å². The molecule has 0 fully saturated rings. The molecule has 0 atom stereocenters. The summed E-state index contributed by atoms with van der Waals surface area (Å²) in [6, 6.07) is 13.5. The lowest BCUT2D eigenvalue weighted by Crippen LogP contribution is -2.20. The van der Waals surface area contributed by atoms with Crippen LogP contribution in [0.25, 0.3) is 10.9 Å². The SMILES string of the molecule is Cc1ccc2cccc(OCC(=O)Nc3cccc(C(F)(F)F)c3)c2n1. The minimum Gasteiger partial charge on any atom is -0.481 e. The fraction of sp³-hybridized carbons (Fsp3) is 0.158. The maximum Gasteiger partial charge on any atom is 0.416 e. The number of benzene rings is 2. The number of rotatable bonds is 4. The maximum absolute atomic E-state index is 12.7. The lowest BCUT2D eigenvalue weighted by Gasteiger charge is -2.11. The van der Waals surface area contributed by atoms with Crippen LogP contribution >= 0.6 is 0 Å². The molecule has 1 heterocycles. The Balaban J connectivity index is 1.69. The number of aromatic nitrogens is 1. The number of anilines is 1. The minimum absolute atomic E-state index is 0.0558. The van der Waals surface area contributed by atoms with Crippen LogP contribution in [0.1, 0.15) is 11.3 Å². The van der Waals surface area contributed by atoms with Gasteiger partial charge in [0.05, 0.1) is 5.56 Å². The van der Waals surface area contributed by atoms with Crippen molar-refractivity contribution in [1.82, 2.24) is 4.98 Å². The van der Waals surface area contributed by atoms with E-state index in [0.717, 1.165) is 23.2 Å². The highest BCUT2D eigenvalue weighted by Gasteiger charge is 2.30. The number of nitrogens with one attached hydrogen (secondary N) is 1. The highest BCUT2D eigenvalue weighted by atomic mass is 19.4. The number of carbonyl (C=O) groups excluding carboxylic acids is 1. The van der Waals surface area contributed by atoms with Crippen molar-refractivity contribution in [3.05, 3.63) is 65.9 Å². The Kier molecular flexibility index (Phi) is 4.79. The number of hydrogen-bond acceptors (Lipinski definition) is 3. The van der Waals surface area contributed by atoms with Crippen LogP contribution in [-0.2, 0) is 11.0 Å². The molecule has 1 N–H and O–H groups in total. The van der Waals surface area contributed by atoms with E-state index < -0.39 is 17.6 Å². The molecule has 26 heavy (non-hydrogen) atoms. The van der Waals surface area contributed by atoms with Crippen LogP contribution in [0.15, 0.2) is 54.6 Å². The first kappa shape index (κ1) is 17.7. The third-order valence-corrected chi connectivity index (χ3v) is 3.65. The Hall–Kier alpha value is -3.09. The Labute approximate surface area is 147 Å². The van der Waals surface area contributed by atoms with Gasteiger partial charge >= 0.3 is 6.18 Å². The van der Waals surface area contributed by atoms with Gasteiger partial charge in [0.1, 0.15) is 11.3 Å². The lowest BCUT2D eigenvalue weighted by atomic mass is 10.2. The van der Waals surface area contributed by atoms with Crippen LogP contribution in [-0.4, -0.2) is 17.5 Å². The second kappa shape index (κ2) is 7.03. The van der Waals surface area contributed by atoms with E-state index in [1.807, 2.05) is 25.1 Å². The summed E-state index contributed by atoms with van der Waals surface area (Å²) in [5, 5.41) is 3.27. The molecule has 3 aromatic rings. The minimum atomic E-state index is -4.47. The van der Waals surface area contributed by atoms with Crippen molar-refractivity contribution >= 4 is 22.5 Å². The van der Waals surface area contributed by atoms with Gasteiger partial charge in [0, 0.05) is 16.8 Å². The van der Waals surface area contributed by atoms with E-state index in [-0.39, 0.29) is 12.3 Å². The maximum atomic E-state index is 12.7. The Morgan fingerprint density at radius 2 is 1.88 bits per heavy atom. The second-order valence-corrected chi connectivity index (χ2v) is 5.70. The van der Waals surface area contributed by atoms with Crippen molar-refractivity contribution in [1.29, 1.82) is 0 Å². The van der Waals surface area contributed by atoms with Gasteiger partial charge < -0.3 is 10.1 Å². The normalized spacial score (nSPS) is 11.4. The number of hydrogen-bond donors (Lipinski definition) is 1. The van der Waals surface area contributed by atoms with Crippen molar-refractivity contribution in [2.75, 3.05) is 11.9 Å². The van der Waals surface area contributed by atoms with Gasteiger partial charge in [-0.05, 0) is 37.3 Å². The van der Waals surface area contributed by atoms with Gasteiger partial charge in [0.15, 0.2) is 6.61 Å². The molecule has 3 rings (SSSR count). The van der Waals surface area contributed by atoms with Crippen molar-refractivity contribution in [2.45, 2.75) is 13.1 Å². The predicted molar refractivity (Wildman–Crippen MR) is 92.0 cm³/mol. The standard InChI is InChI=1S/C19H15F3N2O2/c1-12-8-9-13-4-2-7-16(18(13)23-12)26-11-17(25)24-15-6-3-5-14(10-15)19(20,21)22/h2-10H,11H2,1H3,(H,24,25). The zero-order valence-electron chi connectivity index (χ0n) is 13.8. The summed E-state index contributed by atoms with van der Waals surface area (Å²) in [4.78, 5) is 16.4. The average molecular weight is 360 g/mol. The van der Waals surface area contributed by atoms with Gasteiger partial charge in [-0.3, -0.25) is 4.79 Å². The molecule has 7 heteroatoms. The number of alkyl halides is 3. The topological polar surface area (TPSA) is 51.2 Å². The molecular weight excluding hydrogens is 345 g/mol. The summed E-state index contributed by atoms with van der Waals surface area (Å²) < 4.78 is 43.6. The highest BCUT2D eigenvalue weighted by Crippen LogP contribution is 2.30. The Morgan fingerprint density at radius 3 is 2.65 bits per heavy atom. The summed E-state index contributed by atoms with van der Waals surface area (Å²) in [5.74, 6) is -0.126. The van der Waals surface area contributed by atoms with E-state index in [1.165, 1.54) is 12.1 Å². The smallest absolute Gasteiger partial charge is 0.416 e.